The Balaban J connectivity index is 1.48. The van der Waals surface area contributed by atoms with E-state index in [-0.39, 0.29) is 18.4 Å². The Kier molecular flexibility index (Phi) is 4.18. The topological polar surface area (TPSA) is 86.6 Å². The van der Waals surface area contributed by atoms with E-state index in [0.717, 1.165) is 31.6 Å². The molecule has 7 nitrogen and oxygen atoms in total. The van der Waals surface area contributed by atoms with Gasteiger partial charge in [-0.1, -0.05) is 0 Å². The van der Waals surface area contributed by atoms with Crippen molar-refractivity contribution in [3.05, 3.63) is 30.3 Å². The molecular formula is C18H19FN4O3. The molecule has 1 unspecified atom stereocenters. The molecule has 26 heavy (non-hydrogen) atoms. The van der Waals surface area contributed by atoms with Gasteiger partial charge in [-0.25, -0.2) is 9.37 Å². The van der Waals surface area contributed by atoms with Crippen LogP contribution in [0.4, 0.5) is 10.1 Å². The molecule has 4 heterocycles. The third-order valence-electron chi connectivity index (χ3n) is 5.28. The number of carbonyl (C=O) groups is 2. The van der Waals surface area contributed by atoms with Crippen LogP contribution < -0.4 is 4.90 Å². The van der Waals surface area contributed by atoms with E-state index in [1.807, 2.05) is 6.07 Å². The van der Waals surface area contributed by atoms with Gasteiger partial charge in [0.1, 0.15) is 11.3 Å². The van der Waals surface area contributed by atoms with Gasteiger partial charge in [-0.3, -0.25) is 14.6 Å². The smallest absolute Gasteiger partial charge is 0.308 e. The summed E-state index contributed by atoms with van der Waals surface area (Å²) >= 11 is 0. The molecule has 2 fully saturated rings. The summed E-state index contributed by atoms with van der Waals surface area (Å²) in [6.07, 6.45) is 4.47. The number of hydrogen-bond acceptors (Lipinski definition) is 5. The average Bonchev–Trinajstić information content (AvgIpc) is 3.03. The predicted octanol–water partition coefficient (Wildman–Crippen LogP) is 1.67. The Bertz CT molecular complexity index is 867. The van der Waals surface area contributed by atoms with E-state index in [4.69, 9.17) is 5.11 Å². The molecule has 0 saturated carbocycles. The summed E-state index contributed by atoms with van der Waals surface area (Å²) in [4.78, 5) is 35.5. The van der Waals surface area contributed by atoms with Gasteiger partial charge in [-0.2, -0.15) is 0 Å². The maximum atomic E-state index is 13.4. The zero-order valence-electron chi connectivity index (χ0n) is 14.1. The minimum atomic E-state index is -0.903. The van der Waals surface area contributed by atoms with Crippen LogP contribution in [0.2, 0.25) is 0 Å². The molecule has 0 aromatic carbocycles. The van der Waals surface area contributed by atoms with Crippen LogP contribution >= 0.6 is 0 Å². The van der Waals surface area contributed by atoms with Gasteiger partial charge >= 0.3 is 5.97 Å². The van der Waals surface area contributed by atoms with Crippen LogP contribution in [0.25, 0.3) is 11.0 Å². The molecule has 2 aliphatic heterocycles. The first-order valence-electron chi connectivity index (χ1n) is 8.70. The number of piperidine rings is 1. The van der Waals surface area contributed by atoms with E-state index in [1.54, 1.807) is 11.1 Å². The number of anilines is 1. The number of amides is 1. The van der Waals surface area contributed by atoms with Gasteiger partial charge in [-0.05, 0) is 18.9 Å². The van der Waals surface area contributed by atoms with E-state index < -0.39 is 17.7 Å². The minimum Gasteiger partial charge on any atom is -0.481 e. The summed E-state index contributed by atoms with van der Waals surface area (Å²) < 4.78 is 13.4. The van der Waals surface area contributed by atoms with Crippen LogP contribution in [0.1, 0.15) is 19.3 Å². The van der Waals surface area contributed by atoms with Gasteiger partial charge in [0.25, 0.3) is 0 Å². The Morgan fingerprint density at radius 3 is 2.73 bits per heavy atom. The second-order valence-corrected chi connectivity index (χ2v) is 6.85. The molecule has 4 rings (SSSR count). The molecule has 2 saturated heterocycles. The van der Waals surface area contributed by atoms with Gasteiger partial charge in [0.05, 0.1) is 23.3 Å². The van der Waals surface area contributed by atoms with Crippen LogP contribution in [-0.2, 0) is 9.59 Å². The number of likely N-dealkylation sites (tertiary alicyclic amines) is 1. The monoisotopic (exact) mass is 358 g/mol. The predicted molar refractivity (Wildman–Crippen MR) is 92.2 cm³/mol. The highest BCUT2D eigenvalue weighted by molar-refractivity contribution is 5.88. The van der Waals surface area contributed by atoms with Crippen molar-refractivity contribution in [3.8, 4) is 0 Å². The Morgan fingerprint density at radius 1 is 1.27 bits per heavy atom. The maximum absolute atomic E-state index is 13.4. The lowest BCUT2D eigenvalue weighted by atomic mass is 10.0. The van der Waals surface area contributed by atoms with E-state index in [9.17, 15) is 14.0 Å². The molecule has 1 amide bonds. The van der Waals surface area contributed by atoms with E-state index >= 15 is 0 Å². The molecule has 2 aliphatic rings. The largest absolute Gasteiger partial charge is 0.481 e. The van der Waals surface area contributed by atoms with E-state index in [2.05, 4.69) is 14.9 Å². The fourth-order valence-electron chi connectivity index (χ4n) is 3.92. The summed E-state index contributed by atoms with van der Waals surface area (Å²) in [6.45, 7) is 1.76. The van der Waals surface area contributed by atoms with Crippen LogP contribution in [0.3, 0.4) is 0 Å². The molecule has 1 N–H and O–H groups in total. The molecule has 0 aliphatic carbocycles. The first kappa shape index (κ1) is 16.7. The van der Waals surface area contributed by atoms with Crippen molar-refractivity contribution in [2.24, 2.45) is 5.92 Å². The normalized spacial score (nSPS) is 21.6. The van der Waals surface area contributed by atoms with Gasteiger partial charge in [0.15, 0.2) is 0 Å². The summed E-state index contributed by atoms with van der Waals surface area (Å²) in [5.41, 5.74) is 2.09. The summed E-state index contributed by atoms with van der Waals surface area (Å²) in [5, 5.41) is 9.13. The second kappa shape index (κ2) is 6.51. The molecule has 2 aromatic heterocycles. The third kappa shape index (κ3) is 2.95. The number of nitrogens with zero attached hydrogens (tertiary/aromatic N) is 4. The number of carboxylic acids is 1. The SMILES string of the molecule is O=C(O)C1CC(=O)N(C2CCN(c3ccnc4cc(F)cnc34)CC2)C1. The zero-order valence-corrected chi connectivity index (χ0v) is 14.1. The first-order valence-corrected chi connectivity index (χ1v) is 8.70. The van der Waals surface area contributed by atoms with Crippen LogP contribution in [0, 0.1) is 11.7 Å². The molecule has 0 radical (unpaired) electrons. The fourth-order valence-corrected chi connectivity index (χ4v) is 3.92. The van der Waals surface area contributed by atoms with Crippen molar-refractivity contribution in [1.82, 2.24) is 14.9 Å². The van der Waals surface area contributed by atoms with E-state index in [1.165, 1.54) is 12.3 Å². The van der Waals surface area contributed by atoms with Gasteiger partial charge in [0, 0.05) is 44.4 Å². The number of carboxylic acid groups (broad SMARTS) is 1. The number of rotatable bonds is 3. The zero-order chi connectivity index (χ0) is 18.3. The number of pyridine rings is 2. The van der Waals surface area contributed by atoms with Crippen molar-refractivity contribution in [1.29, 1.82) is 0 Å². The van der Waals surface area contributed by atoms with Gasteiger partial charge < -0.3 is 14.9 Å². The highest BCUT2D eigenvalue weighted by Crippen LogP contribution is 2.30. The Hall–Kier alpha value is -2.77. The lowest BCUT2D eigenvalue weighted by Crippen LogP contribution is -2.45. The quantitative estimate of drug-likeness (QED) is 0.898. The standard InChI is InChI=1S/C18H19FN4O3/c19-12-8-14-17(21-9-12)15(1-4-20-14)22-5-2-13(3-6-22)23-10-11(18(25)26)7-16(23)24/h1,4,8-9,11,13H,2-3,5-7,10H2,(H,25,26). The second-order valence-electron chi connectivity index (χ2n) is 6.85. The van der Waals surface area contributed by atoms with Crippen LogP contribution in [0.15, 0.2) is 24.5 Å². The minimum absolute atomic E-state index is 0.0673. The lowest BCUT2D eigenvalue weighted by molar-refractivity contribution is -0.141. The van der Waals surface area contributed by atoms with Crippen LogP contribution in [0.5, 0.6) is 0 Å². The summed E-state index contributed by atoms with van der Waals surface area (Å²) in [5.74, 6) is -1.98. The number of hydrogen-bond donors (Lipinski definition) is 1. The first-order chi connectivity index (χ1) is 12.5. The fraction of sp³-hybridized carbons (Fsp3) is 0.444. The number of aliphatic carboxylic acids is 1. The number of carbonyl (C=O) groups excluding carboxylic acids is 1. The van der Waals surface area contributed by atoms with Gasteiger partial charge in [-0.15, -0.1) is 0 Å². The lowest BCUT2D eigenvalue weighted by Gasteiger charge is -2.38. The average molecular weight is 358 g/mol. The Morgan fingerprint density at radius 2 is 2.04 bits per heavy atom. The van der Waals surface area contributed by atoms with Crippen molar-refractivity contribution in [3.63, 3.8) is 0 Å². The van der Waals surface area contributed by atoms with Gasteiger partial charge in [0.2, 0.25) is 5.91 Å². The molecular weight excluding hydrogens is 339 g/mol. The molecule has 136 valence electrons. The molecule has 0 bridgehead atoms. The van der Waals surface area contributed by atoms with Crippen molar-refractivity contribution in [2.45, 2.75) is 25.3 Å². The Labute approximate surface area is 149 Å². The highest BCUT2D eigenvalue weighted by atomic mass is 19.1. The van der Waals surface area contributed by atoms with E-state index in [0.29, 0.717) is 17.6 Å². The summed E-state index contributed by atoms with van der Waals surface area (Å²) in [6, 6.07) is 3.31. The van der Waals surface area contributed by atoms with Crippen molar-refractivity contribution < 1.29 is 19.1 Å². The van der Waals surface area contributed by atoms with Crippen LogP contribution in [-0.4, -0.2) is 57.5 Å². The summed E-state index contributed by atoms with van der Waals surface area (Å²) in [7, 11) is 0. The highest BCUT2D eigenvalue weighted by Gasteiger charge is 2.39. The maximum Gasteiger partial charge on any atom is 0.308 e. The van der Waals surface area contributed by atoms with Crippen molar-refractivity contribution in [2.75, 3.05) is 24.5 Å². The number of aromatic nitrogens is 2. The molecule has 1 atom stereocenters. The van der Waals surface area contributed by atoms with Crippen molar-refractivity contribution >= 4 is 28.6 Å². The number of halogens is 1. The molecule has 8 heteroatoms. The molecule has 2 aromatic rings. The number of fused-ring (bicyclic) bond motifs is 1. The molecule has 0 spiro atoms. The third-order valence-corrected chi connectivity index (χ3v) is 5.28.